The van der Waals surface area contributed by atoms with Crippen molar-refractivity contribution in [1.29, 1.82) is 0 Å². The molecule has 0 aliphatic rings. The molecule has 2 aromatic rings. The Morgan fingerprint density at radius 2 is 2.10 bits per heavy atom. The molecular weight excluding hydrogens is 352 g/mol. The van der Waals surface area contributed by atoms with E-state index >= 15 is 0 Å². The van der Waals surface area contributed by atoms with Gasteiger partial charge in [-0.05, 0) is 56.4 Å². The number of halogens is 2. The maximum Gasteiger partial charge on any atom is 0.0628 e. The molecule has 0 aliphatic carbocycles. The number of hydrogen-bond acceptors (Lipinski definition) is 2. The van der Waals surface area contributed by atoms with Crippen molar-refractivity contribution in [2.24, 2.45) is 7.05 Å². The summed E-state index contributed by atoms with van der Waals surface area (Å²) in [6, 6.07) is 5.76. The van der Waals surface area contributed by atoms with Crippen molar-refractivity contribution < 1.29 is 5.11 Å². The first-order valence-corrected chi connectivity index (χ1v) is 8.16. The highest BCUT2D eigenvalue weighted by Crippen LogP contribution is 2.23. The van der Waals surface area contributed by atoms with E-state index in [1.54, 1.807) is 0 Å². The fourth-order valence-corrected chi connectivity index (χ4v) is 3.28. The Labute approximate surface area is 139 Å². The average Bonchev–Trinajstić information content (AvgIpc) is 2.65. The number of benzene rings is 1. The zero-order valence-electron chi connectivity index (χ0n) is 12.5. The molecule has 0 fully saturated rings. The van der Waals surface area contributed by atoms with E-state index in [-0.39, 0.29) is 0 Å². The van der Waals surface area contributed by atoms with Gasteiger partial charge in [0.1, 0.15) is 0 Å². The minimum Gasteiger partial charge on any atom is -0.393 e. The lowest BCUT2D eigenvalue weighted by atomic mass is 10.0. The smallest absolute Gasteiger partial charge is 0.0628 e. The van der Waals surface area contributed by atoms with E-state index in [2.05, 4.69) is 28.0 Å². The third kappa shape index (κ3) is 4.09. The second-order valence-electron chi connectivity index (χ2n) is 5.41. The quantitative estimate of drug-likeness (QED) is 0.863. The van der Waals surface area contributed by atoms with Gasteiger partial charge in [-0.1, -0.05) is 33.6 Å². The molecule has 1 heterocycles. The topological polar surface area (TPSA) is 38.0 Å². The molecule has 21 heavy (non-hydrogen) atoms. The maximum absolute atomic E-state index is 10.2. The summed E-state index contributed by atoms with van der Waals surface area (Å²) < 4.78 is 2.84. The first-order chi connectivity index (χ1) is 9.88. The summed E-state index contributed by atoms with van der Waals surface area (Å²) in [7, 11) is 1.95. The van der Waals surface area contributed by atoms with Gasteiger partial charge in [-0.2, -0.15) is 5.10 Å². The number of aliphatic hydroxyl groups is 1. The predicted octanol–water partition coefficient (Wildman–Crippen LogP) is 3.99. The fraction of sp³-hybridized carbons (Fsp3) is 0.438. The normalized spacial score (nSPS) is 12.7. The molecular formula is C16H20BrClN2O. The minimum atomic E-state index is -0.400. The lowest BCUT2D eigenvalue weighted by Crippen LogP contribution is -2.12. The zero-order valence-corrected chi connectivity index (χ0v) is 14.9. The van der Waals surface area contributed by atoms with Gasteiger partial charge in [0.25, 0.3) is 0 Å². The van der Waals surface area contributed by atoms with E-state index in [1.807, 2.05) is 36.9 Å². The summed E-state index contributed by atoms with van der Waals surface area (Å²) in [6.45, 7) is 4.08. The Bertz CT molecular complexity index is 639. The molecule has 2 rings (SSSR count). The molecule has 5 heteroatoms. The number of aryl methyl sites for hydroxylation is 2. The van der Waals surface area contributed by atoms with Crippen molar-refractivity contribution in [1.82, 2.24) is 9.78 Å². The molecule has 0 bridgehead atoms. The number of hydrogen-bond donors (Lipinski definition) is 1. The van der Waals surface area contributed by atoms with Crippen molar-refractivity contribution in [2.45, 2.75) is 39.2 Å². The van der Waals surface area contributed by atoms with Gasteiger partial charge >= 0.3 is 0 Å². The lowest BCUT2D eigenvalue weighted by molar-refractivity contribution is 0.165. The fourth-order valence-electron chi connectivity index (χ4n) is 2.53. The first-order valence-electron chi connectivity index (χ1n) is 6.99. The van der Waals surface area contributed by atoms with E-state index in [1.165, 1.54) is 11.3 Å². The van der Waals surface area contributed by atoms with Crippen molar-refractivity contribution >= 4 is 27.5 Å². The maximum atomic E-state index is 10.2. The van der Waals surface area contributed by atoms with E-state index in [0.717, 1.165) is 22.2 Å². The van der Waals surface area contributed by atoms with Crippen LogP contribution in [-0.2, 0) is 19.9 Å². The Morgan fingerprint density at radius 1 is 1.38 bits per heavy atom. The van der Waals surface area contributed by atoms with Gasteiger partial charge in [0.05, 0.1) is 11.8 Å². The highest BCUT2D eigenvalue weighted by molar-refractivity contribution is 9.10. The van der Waals surface area contributed by atoms with Crippen LogP contribution in [0.4, 0.5) is 0 Å². The molecule has 0 radical (unpaired) electrons. The van der Waals surface area contributed by atoms with Crippen LogP contribution in [0.1, 0.15) is 28.9 Å². The highest BCUT2D eigenvalue weighted by Gasteiger charge is 2.13. The van der Waals surface area contributed by atoms with Crippen LogP contribution in [0.5, 0.6) is 0 Å². The van der Waals surface area contributed by atoms with Crippen LogP contribution < -0.4 is 0 Å². The number of aromatic nitrogens is 2. The van der Waals surface area contributed by atoms with Gasteiger partial charge in [-0.15, -0.1) is 0 Å². The molecule has 1 unspecified atom stereocenters. The molecule has 1 atom stereocenters. The molecule has 1 N–H and O–H groups in total. The van der Waals surface area contributed by atoms with Crippen LogP contribution in [0.3, 0.4) is 0 Å². The average molecular weight is 372 g/mol. The van der Waals surface area contributed by atoms with Gasteiger partial charge < -0.3 is 5.11 Å². The van der Waals surface area contributed by atoms with Gasteiger partial charge in [-0.25, -0.2) is 0 Å². The summed E-state index contributed by atoms with van der Waals surface area (Å²) in [4.78, 5) is 0. The monoisotopic (exact) mass is 370 g/mol. The molecule has 3 nitrogen and oxygen atoms in total. The van der Waals surface area contributed by atoms with E-state index < -0.39 is 6.10 Å². The van der Waals surface area contributed by atoms with Crippen LogP contribution in [0.25, 0.3) is 0 Å². The van der Waals surface area contributed by atoms with Crippen LogP contribution in [0.15, 0.2) is 22.7 Å². The molecule has 0 saturated carbocycles. The zero-order chi connectivity index (χ0) is 15.6. The first kappa shape index (κ1) is 16.5. The number of aliphatic hydroxyl groups excluding tert-OH is 1. The van der Waals surface area contributed by atoms with Crippen LogP contribution in [0, 0.1) is 13.8 Å². The van der Waals surface area contributed by atoms with Gasteiger partial charge in [0.15, 0.2) is 0 Å². The largest absolute Gasteiger partial charge is 0.393 e. The summed E-state index contributed by atoms with van der Waals surface area (Å²) in [5, 5.41) is 15.3. The summed E-state index contributed by atoms with van der Waals surface area (Å²) >= 11 is 9.58. The Morgan fingerprint density at radius 3 is 2.67 bits per heavy atom. The van der Waals surface area contributed by atoms with Crippen LogP contribution in [-0.4, -0.2) is 21.0 Å². The minimum absolute atomic E-state index is 0.400. The summed E-state index contributed by atoms with van der Waals surface area (Å²) in [5.41, 5.74) is 4.43. The molecule has 0 saturated heterocycles. The SMILES string of the molecule is Cc1nn(C)c(C)c1CCC(O)Cc1ccc(Br)cc1Cl. The molecule has 114 valence electrons. The molecule has 0 amide bonds. The third-order valence-electron chi connectivity index (χ3n) is 3.86. The summed E-state index contributed by atoms with van der Waals surface area (Å²) in [5.74, 6) is 0. The Hall–Kier alpha value is -0.840. The van der Waals surface area contributed by atoms with Gasteiger partial charge in [0.2, 0.25) is 0 Å². The van der Waals surface area contributed by atoms with Gasteiger partial charge in [-0.3, -0.25) is 4.68 Å². The molecule has 0 aliphatic heterocycles. The van der Waals surface area contributed by atoms with Gasteiger partial charge in [0, 0.05) is 22.2 Å². The van der Waals surface area contributed by atoms with Crippen LogP contribution in [0.2, 0.25) is 5.02 Å². The predicted molar refractivity (Wildman–Crippen MR) is 89.9 cm³/mol. The molecule has 1 aromatic heterocycles. The van der Waals surface area contributed by atoms with E-state index in [0.29, 0.717) is 17.9 Å². The van der Waals surface area contributed by atoms with Crippen molar-refractivity contribution in [2.75, 3.05) is 0 Å². The Kier molecular flexibility index (Phi) is 5.47. The van der Waals surface area contributed by atoms with E-state index in [9.17, 15) is 5.11 Å². The summed E-state index contributed by atoms with van der Waals surface area (Å²) in [6.07, 6.45) is 1.72. The highest BCUT2D eigenvalue weighted by atomic mass is 79.9. The third-order valence-corrected chi connectivity index (χ3v) is 4.70. The van der Waals surface area contributed by atoms with E-state index in [4.69, 9.17) is 11.6 Å². The second-order valence-corrected chi connectivity index (χ2v) is 6.73. The Balaban J connectivity index is 1.97. The standard InChI is InChI=1S/C16H20BrClN2O/c1-10-15(11(2)20(3)19-10)7-6-14(21)8-12-4-5-13(17)9-16(12)18/h4-5,9,14,21H,6-8H2,1-3H3. The van der Waals surface area contributed by atoms with Crippen LogP contribution >= 0.6 is 27.5 Å². The lowest BCUT2D eigenvalue weighted by Gasteiger charge is -2.12. The van der Waals surface area contributed by atoms with Crippen molar-refractivity contribution in [3.63, 3.8) is 0 Å². The van der Waals surface area contributed by atoms with Crippen molar-refractivity contribution in [3.05, 3.63) is 50.2 Å². The number of rotatable bonds is 5. The molecule has 0 spiro atoms. The number of nitrogens with zero attached hydrogens (tertiary/aromatic N) is 2. The second kappa shape index (κ2) is 6.95. The molecule has 1 aromatic carbocycles. The van der Waals surface area contributed by atoms with Crippen molar-refractivity contribution in [3.8, 4) is 0 Å².